The topological polar surface area (TPSA) is 64.7 Å². The lowest BCUT2D eigenvalue weighted by Gasteiger charge is -2.34. The molecule has 0 bridgehead atoms. The molecule has 2 aliphatic rings. The SMILES string of the molecule is CNC(=O)CN1CCN(C(=O)c2ccc3c(c2)CCN3)CC1.Cl. The zero-order chi connectivity index (χ0) is 15.5. The van der Waals surface area contributed by atoms with E-state index in [1.54, 1.807) is 7.05 Å². The van der Waals surface area contributed by atoms with Crippen LogP contribution in [0.4, 0.5) is 5.69 Å². The highest BCUT2D eigenvalue weighted by molar-refractivity contribution is 5.95. The van der Waals surface area contributed by atoms with Crippen LogP contribution in [0.3, 0.4) is 0 Å². The van der Waals surface area contributed by atoms with E-state index in [4.69, 9.17) is 0 Å². The Balaban J connectivity index is 0.00000192. The van der Waals surface area contributed by atoms with Crippen LogP contribution in [0.2, 0.25) is 0 Å². The first kappa shape index (κ1) is 17.6. The minimum atomic E-state index is 0. The highest BCUT2D eigenvalue weighted by Gasteiger charge is 2.24. The van der Waals surface area contributed by atoms with Crippen molar-refractivity contribution in [1.82, 2.24) is 15.1 Å². The van der Waals surface area contributed by atoms with Crippen molar-refractivity contribution >= 4 is 29.9 Å². The largest absolute Gasteiger partial charge is 0.384 e. The van der Waals surface area contributed by atoms with E-state index in [1.807, 2.05) is 23.1 Å². The van der Waals surface area contributed by atoms with Crippen LogP contribution in [0.25, 0.3) is 0 Å². The Kier molecular flexibility index (Phi) is 5.85. The van der Waals surface area contributed by atoms with Gasteiger partial charge in [0.1, 0.15) is 0 Å². The van der Waals surface area contributed by atoms with Gasteiger partial charge in [-0.05, 0) is 30.2 Å². The summed E-state index contributed by atoms with van der Waals surface area (Å²) in [5, 5.41) is 5.93. The minimum Gasteiger partial charge on any atom is -0.384 e. The summed E-state index contributed by atoms with van der Waals surface area (Å²) in [4.78, 5) is 27.9. The Hall–Kier alpha value is -1.79. The van der Waals surface area contributed by atoms with E-state index < -0.39 is 0 Å². The maximum atomic E-state index is 12.6. The van der Waals surface area contributed by atoms with Gasteiger partial charge in [-0.25, -0.2) is 0 Å². The molecule has 3 rings (SSSR count). The number of piperazine rings is 1. The molecule has 1 fully saturated rings. The first-order valence-corrected chi connectivity index (χ1v) is 7.76. The van der Waals surface area contributed by atoms with Gasteiger partial charge in [-0.2, -0.15) is 0 Å². The Bertz CT molecular complexity index is 585. The van der Waals surface area contributed by atoms with Crippen molar-refractivity contribution in [2.45, 2.75) is 6.42 Å². The number of hydrogen-bond donors (Lipinski definition) is 2. The molecule has 126 valence electrons. The van der Waals surface area contributed by atoms with Crippen LogP contribution in [0.1, 0.15) is 15.9 Å². The first-order valence-electron chi connectivity index (χ1n) is 7.76. The standard InChI is InChI=1S/C16H22N4O2.ClH/c1-17-15(21)11-19-6-8-20(9-7-19)16(22)13-2-3-14-12(10-13)4-5-18-14;/h2-3,10,18H,4-9,11H2,1H3,(H,17,21);1H. The van der Waals surface area contributed by atoms with Crippen molar-refractivity contribution in [1.29, 1.82) is 0 Å². The van der Waals surface area contributed by atoms with Crippen LogP contribution < -0.4 is 10.6 Å². The molecule has 0 saturated carbocycles. The first-order chi connectivity index (χ1) is 10.7. The summed E-state index contributed by atoms with van der Waals surface area (Å²) in [5.74, 6) is 0.111. The average molecular weight is 339 g/mol. The zero-order valence-corrected chi connectivity index (χ0v) is 14.1. The van der Waals surface area contributed by atoms with E-state index in [0.717, 1.165) is 37.3 Å². The fraction of sp³-hybridized carbons (Fsp3) is 0.500. The minimum absolute atomic E-state index is 0. The van der Waals surface area contributed by atoms with E-state index in [2.05, 4.69) is 15.5 Å². The molecule has 0 radical (unpaired) electrons. The third-order valence-electron chi connectivity index (χ3n) is 4.37. The second-order valence-corrected chi connectivity index (χ2v) is 5.79. The average Bonchev–Trinajstić information content (AvgIpc) is 3.02. The lowest BCUT2D eigenvalue weighted by atomic mass is 10.1. The molecule has 7 heteroatoms. The van der Waals surface area contributed by atoms with Crippen molar-refractivity contribution in [2.24, 2.45) is 0 Å². The fourth-order valence-corrected chi connectivity index (χ4v) is 3.01. The molecule has 6 nitrogen and oxygen atoms in total. The Morgan fingerprint density at radius 3 is 2.65 bits per heavy atom. The van der Waals surface area contributed by atoms with Gasteiger partial charge in [-0.15, -0.1) is 12.4 Å². The molecule has 0 unspecified atom stereocenters. The summed E-state index contributed by atoms with van der Waals surface area (Å²) in [5.41, 5.74) is 3.14. The van der Waals surface area contributed by atoms with E-state index in [9.17, 15) is 9.59 Å². The monoisotopic (exact) mass is 338 g/mol. The molecule has 2 amide bonds. The summed E-state index contributed by atoms with van der Waals surface area (Å²) >= 11 is 0. The molecule has 2 heterocycles. The molecular weight excluding hydrogens is 316 g/mol. The van der Waals surface area contributed by atoms with Gasteiger partial charge in [0.25, 0.3) is 5.91 Å². The molecule has 0 aliphatic carbocycles. The van der Waals surface area contributed by atoms with Gasteiger partial charge < -0.3 is 15.5 Å². The van der Waals surface area contributed by atoms with E-state index >= 15 is 0 Å². The molecule has 0 atom stereocenters. The maximum Gasteiger partial charge on any atom is 0.253 e. The van der Waals surface area contributed by atoms with Crippen LogP contribution in [0, 0.1) is 0 Å². The number of amides is 2. The molecule has 1 saturated heterocycles. The van der Waals surface area contributed by atoms with Crippen molar-refractivity contribution in [3.05, 3.63) is 29.3 Å². The van der Waals surface area contributed by atoms with Crippen LogP contribution >= 0.6 is 12.4 Å². The Morgan fingerprint density at radius 1 is 1.22 bits per heavy atom. The van der Waals surface area contributed by atoms with Crippen molar-refractivity contribution in [3.63, 3.8) is 0 Å². The third kappa shape index (κ3) is 3.95. The molecule has 2 N–H and O–H groups in total. The normalized spacial score (nSPS) is 17.0. The van der Waals surface area contributed by atoms with Gasteiger partial charge in [0, 0.05) is 51.0 Å². The summed E-state index contributed by atoms with van der Waals surface area (Å²) < 4.78 is 0. The molecular formula is C16H23ClN4O2. The van der Waals surface area contributed by atoms with Gasteiger partial charge in [0.05, 0.1) is 6.54 Å². The quantitative estimate of drug-likeness (QED) is 0.846. The van der Waals surface area contributed by atoms with Gasteiger partial charge in [-0.1, -0.05) is 0 Å². The zero-order valence-electron chi connectivity index (χ0n) is 13.3. The van der Waals surface area contributed by atoms with Crippen LogP contribution in [0.15, 0.2) is 18.2 Å². The second-order valence-electron chi connectivity index (χ2n) is 5.79. The van der Waals surface area contributed by atoms with Crippen LogP contribution in [0.5, 0.6) is 0 Å². The van der Waals surface area contributed by atoms with Crippen LogP contribution in [-0.4, -0.2) is 67.9 Å². The molecule has 23 heavy (non-hydrogen) atoms. The Morgan fingerprint density at radius 2 is 1.96 bits per heavy atom. The molecule has 0 aromatic heterocycles. The lowest BCUT2D eigenvalue weighted by molar-refractivity contribution is -0.122. The number of rotatable bonds is 3. The smallest absolute Gasteiger partial charge is 0.253 e. The summed E-state index contributed by atoms with van der Waals surface area (Å²) in [7, 11) is 1.64. The molecule has 1 aromatic rings. The number of carbonyl (C=O) groups excluding carboxylic acids is 2. The van der Waals surface area contributed by atoms with Gasteiger partial charge in [-0.3, -0.25) is 14.5 Å². The highest BCUT2D eigenvalue weighted by atomic mass is 35.5. The Labute approximate surface area is 142 Å². The predicted molar refractivity (Wildman–Crippen MR) is 92.3 cm³/mol. The van der Waals surface area contributed by atoms with Crippen molar-refractivity contribution < 1.29 is 9.59 Å². The van der Waals surface area contributed by atoms with E-state index in [1.165, 1.54) is 5.56 Å². The summed E-state index contributed by atoms with van der Waals surface area (Å²) in [6.45, 7) is 4.18. The number of nitrogens with one attached hydrogen (secondary N) is 2. The maximum absolute atomic E-state index is 12.6. The number of anilines is 1. The van der Waals surface area contributed by atoms with Gasteiger partial charge in [0.2, 0.25) is 5.91 Å². The fourth-order valence-electron chi connectivity index (χ4n) is 3.01. The van der Waals surface area contributed by atoms with E-state index in [-0.39, 0.29) is 24.2 Å². The van der Waals surface area contributed by atoms with Gasteiger partial charge >= 0.3 is 0 Å². The lowest BCUT2D eigenvalue weighted by Crippen LogP contribution is -2.50. The van der Waals surface area contributed by atoms with Crippen molar-refractivity contribution in [3.8, 4) is 0 Å². The number of benzene rings is 1. The number of nitrogens with zero attached hydrogens (tertiary/aromatic N) is 2. The van der Waals surface area contributed by atoms with Crippen molar-refractivity contribution in [2.75, 3.05) is 51.6 Å². The predicted octanol–water partition coefficient (Wildman–Crippen LogP) is 0.580. The summed E-state index contributed by atoms with van der Waals surface area (Å²) in [6.07, 6.45) is 0.983. The molecule has 1 aromatic carbocycles. The van der Waals surface area contributed by atoms with E-state index in [0.29, 0.717) is 19.6 Å². The molecule has 0 spiro atoms. The highest BCUT2D eigenvalue weighted by Crippen LogP contribution is 2.23. The molecule has 2 aliphatic heterocycles. The third-order valence-corrected chi connectivity index (χ3v) is 4.37. The number of halogens is 1. The second kappa shape index (κ2) is 7.66. The number of carbonyl (C=O) groups is 2. The number of fused-ring (bicyclic) bond motifs is 1. The number of likely N-dealkylation sites (N-methyl/N-ethyl adjacent to an activating group) is 1. The summed E-state index contributed by atoms with van der Waals surface area (Å²) in [6, 6.07) is 5.91. The van der Waals surface area contributed by atoms with Crippen LogP contribution in [-0.2, 0) is 11.2 Å². The van der Waals surface area contributed by atoms with Gasteiger partial charge in [0.15, 0.2) is 0 Å². The number of hydrogen-bond acceptors (Lipinski definition) is 4.